The van der Waals surface area contributed by atoms with Crippen molar-refractivity contribution in [1.29, 1.82) is 0 Å². The number of rotatable bonds is 8. The molecule has 4 heteroatoms. The highest BCUT2D eigenvalue weighted by Crippen LogP contribution is 2.25. The molecule has 2 unspecified atom stereocenters. The second kappa shape index (κ2) is 8.69. The minimum absolute atomic E-state index is 0.132. The molecule has 0 amide bonds. The summed E-state index contributed by atoms with van der Waals surface area (Å²) < 4.78 is 6.53. The summed E-state index contributed by atoms with van der Waals surface area (Å²) in [5, 5.41) is 0. The van der Waals surface area contributed by atoms with E-state index < -0.39 is 0 Å². The van der Waals surface area contributed by atoms with Crippen LogP contribution in [-0.2, 0) is 4.74 Å². The van der Waals surface area contributed by atoms with Crippen molar-refractivity contribution in [2.45, 2.75) is 32.4 Å². The van der Waals surface area contributed by atoms with Crippen LogP contribution in [0.3, 0.4) is 0 Å². The first-order valence-electron chi connectivity index (χ1n) is 6.89. The highest BCUT2D eigenvalue weighted by molar-refractivity contribution is 9.10. The van der Waals surface area contributed by atoms with Gasteiger partial charge in [0.1, 0.15) is 0 Å². The van der Waals surface area contributed by atoms with Crippen molar-refractivity contribution in [2.75, 3.05) is 26.8 Å². The van der Waals surface area contributed by atoms with Gasteiger partial charge in [0.15, 0.2) is 0 Å². The summed E-state index contributed by atoms with van der Waals surface area (Å²) in [6.45, 7) is 6.55. The lowest BCUT2D eigenvalue weighted by atomic mass is 9.97. The Kier molecular flexibility index (Phi) is 7.61. The van der Waals surface area contributed by atoms with Gasteiger partial charge >= 0.3 is 0 Å². The molecule has 3 nitrogen and oxygen atoms in total. The zero-order valence-electron chi connectivity index (χ0n) is 12.1. The van der Waals surface area contributed by atoms with E-state index in [0.717, 1.165) is 30.7 Å². The molecular formula is C15H25BrN2O. The van der Waals surface area contributed by atoms with Crippen LogP contribution in [-0.4, -0.2) is 37.7 Å². The summed E-state index contributed by atoms with van der Waals surface area (Å²) in [6.07, 6.45) is 0.958. The van der Waals surface area contributed by atoms with Crippen LogP contribution in [0, 0.1) is 0 Å². The van der Waals surface area contributed by atoms with E-state index in [2.05, 4.69) is 59.1 Å². The molecule has 1 aromatic carbocycles. The van der Waals surface area contributed by atoms with Gasteiger partial charge in [-0.25, -0.2) is 0 Å². The van der Waals surface area contributed by atoms with Crippen molar-refractivity contribution in [3.8, 4) is 0 Å². The lowest BCUT2D eigenvalue weighted by Crippen LogP contribution is -2.40. The molecule has 0 aliphatic heterocycles. The predicted octanol–water partition coefficient (Wildman–Crippen LogP) is 3.20. The Balaban J connectivity index is 2.79. The zero-order valence-corrected chi connectivity index (χ0v) is 13.7. The minimum Gasteiger partial charge on any atom is -0.380 e. The largest absolute Gasteiger partial charge is 0.380 e. The molecule has 2 atom stereocenters. The van der Waals surface area contributed by atoms with Gasteiger partial charge in [0.25, 0.3) is 0 Å². The first-order chi connectivity index (χ1) is 9.10. The smallest absolute Gasteiger partial charge is 0.0593 e. The molecule has 1 aromatic rings. The lowest BCUT2D eigenvalue weighted by Gasteiger charge is -2.32. The fraction of sp³-hybridized carbons (Fsp3) is 0.600. The molecule has 108 valence electrons. The first-order valence-corrected chi connectivity index (χ1v) is 7.68. The minimum atomic E-state index is 0.132. The topological polar surface area (TPSA) is 38.5 Å². The average Bonchev–Trinajstić information content (AvgIpc) is 2.41. The SMILES string of the molecule is CCOCCN(C)C(c1ccc(Br)cc1)C(N)CC. The fourth-order valence-corrected chi connectivity index (χ4v) is 2.47. The van der Waals surface area contributed by atoms with E-state index in [4.69, 9.17) is 10.5 Å². The standard InChI is InChI=1S/C15H25BrN2O/c1-4-14(17)15(18(3)10-11-19-5-2)12-6-8-13(16)9-7-12/h6-9,14-15H,4-5,10-11,17H2,1-3H3. The lowest BCUT2D eigenvalue weighted by molar-refractivity contribution is 0.100. The van der Waals surface area contributed by atoms with E-state index in [0.29, 0.717) is 0 Å². The Hall–Kier alpha value is -0.420. The molecule has 19 heavy (non-hydrogen) atoms. The van der Waals surface area contributed by atoms with Crippen LogP contribution in [0.4, 0.5) is 0 Å². The number of hydrogen-bond donors (Lipinski definition) is 1. The van der Waals surface area contributed by atoms with Crippen molar-refractivity contribution in [3.63, 3.8) is 0 Å². The van der Waals surface area contributed by atoms with Gasteiger partial charge in [-0.15, -0.1) is 0 Å². The molecule has 0 aliphatic carbocycles. The Morgan fingerprint density at radius 2 is 1.89 bits per heavy atom. The Morgan fingerprint density at radius 1 is 1.26 bits per heavy atom. The van der Waals surface area contributed by atoms with E-state index in [1.165, 1.54) is 5.56 Å². The Labute approximate surface area is 125 Å². The number of likely N-dealkylation sites (N-methyl/N-ethyl adjacent to an activating group) is 1. The van der Waals surface area contributed by atoms with Crippen LogP contribution in [0.25, 0.3) is 0 Å². The maximum Gasteiger partial charge on any atom is 0.0593 e. The third-order valence-corrected chi connectivity index (χ3v) is 3.88. The third-order valence-electron chi connectivity index (χ3n) is 3.36. The maximum atomic E-state index is 6.30. The van der Waals surface area contributed by atoms with Crippen molar-refractivity contribution < 1.29 is 4.74 Å². The molecule has 0 saturated heterocycles. The van der Waals surface area contributed by atoms with Crippen molar-refractivity contribution >= 4 is 15.9 Å². The molecule has 0 fully saturated rings. The molecular weight excluding hydrogens is 304 g/mol. The van der Waals surface area contributed by atoms with Crippen LogP contribution >= 0.6 is 15.9 Å². The second-order valence-corrected chi connectivity index (χ2v) is 5.66. The third kappa shape index (κ3) is 5.22. The van der Waals surface area contributed by atoms with Crippen LogP contribution < -0.4 is 5.73 Å². The average molecular weight is 329 g/mol. The molecule has 0 aromatic heterocycles. The molecule has 0 bridgehead atoms. The molecule has 1 rings (SSSR count). The number of hydrogen-bond acceptors (Lipinski definition) is 3. The summed E-state index contributed by atoms with van der Waals surface area (Å²) in [4.78, 5) is 2.28. The van der Waals surface area contributed by atoms with Crippen molar-refractivity contribution in [1.82, 2.24) is 4.90 Å². The van der Waals surface area contributed by atoms with E-state index >= 15 is 0 Å². The Morgan fingerprint density at radius 3 is 2.42 bits per heavy atom. The van der Waals surface area contributed by atoms with Gasteiger partial charge in [-0.2, -0.15) is 0 Å². The second-order valence-electron chi connectivity index (χ2n) is 4.75. The van der Waals surface area contributed by atoms with Crippen LogP contribution in [0.1, 0.15) is 31.9 Å². The van der Waals surface area contributed by atoms with E-state index in [-0.39, 0.29) is 12.1 Å². The highest BCUT2D eigenvalue weighted by Gasteiger charge is 2.22. The van der Waals surface area contributed by atoms with Crippen LogP contribution in [0.2, 0.25) is 0 Å². The fourth-order valence-electron chi connectivity index (χ4n) is 2.20. The number of halogens is 1. The van der Waals surface area contributed by atoms with Crippen LogP contribution in [0.5, 0.6) is 0 Å². The van der Waals surface area contributed by atoms with E-state index in [1.807, 2.05) is 6.92 Å². The van der Waals surface area contributed by atoms with E-state index in [1.54, 1.807) is 0 Å². The molecule has 0 heterocycles. The summed E-state index contributed by atoms with van der Waals surface area (Å²) in [6, 6.07) is 8.79. The number of benzene rings is 1. The molecule has 0 radical (unpaired) electrons. The zero-order chi connectivity index (χ0) is 14.3. The highest BCUT2D eigenvalue weighted by atomic mass is 79.9. The Bertz CT molecular complexity index is 356. The quantitative estimate of drug-likeness (QED) is 0.745. The van der Waals surface area contributed by atoms with Crippen molar-refractivity contribution in [3.05, 3.63) is 34.3 Å². The molecule has 2 N–H and O–H groups in total. The predicted molar refractivity (Wildman–Crippen MR) is 84.3 cm³/mol. The number of ether oxygens (including phenoxy) is 1. The molecule has 0 saturated carbocycles. The summed E-state index contributed by atoms with van der Waals surface area (Å²) >= 11 is 3.47. The first kappa shape index (κ1) is 16.6. The van der Waals surface area contributed by atoms with Gasteiger partial charge in [0.05, 0.1) is 6.61 Å². The number of nitrogens with zero attached hydrogens (tertiary/aromatic N) is 1. The van der Waals surface area contributed by atoms with Gasteiger partial charge in [-0.05, 0) is 38.1 Å². The number of nitrogens with two attached hydrogens (primary N) is 1. The van der Waals surface area contributed by atoms with Gasteiger partial charge in [-0.3, -0.25) is 4.90 Å². The van der Waals surface area contributed by atoms with Gasteiger partial charge in [-0.1, -0.05) is 35.0 Å². The summed E-state index contributed by atoms with van der Waals surface area (Å²) in [5.41, 5.74) is 7.56. The van der Waals surface area contributed by atoms with Gasteiger partial charge < -0.3 is 10.5 Å². The summed E-state index contributed by atoms with van der Waals surface area (Å²) in [7, 11) is 2.11. The molecule has 0 spiro atoms. The van der Waals surface area contributed by atoms with E-state index in [9.17, 15) is 0 Å². The summed E-state index contributed by atoms with van der Waals surface area (Å²) in [5.74, 6) is 0. The monoisotopic (exact) mass is 328 g/mol. The normalized spacial score (nSPS) is 14.6. The molecule has 0 aliphatic rings. The van der Waals surface area contributed by atoms with Crippen molar-refractivity contribution in [2.24, 2.45) is 5.73 Å². The maximum absolute atomic E-state index is 6.30. The van der Waals surface area contributed by atoms with Crippen LogP contribution in [0.15, 0.2) is 28.7 Å². The van der Waals surface area contributed by atoms with Gasteiger partial charge in [0, 0.05) is 29.7 Å². The van der Waals surface area contributed by atoms with Gasteiger partial charge in [0.2, 0.25) is 0 Å².